The van der Waals surface area contributed by atoms with Crippen molar-refractivity contribution < 1.29 is 9.63 Å². The minimum atomic E-state index is -0.0139. The van der Waals surface area contributed by atoms with Crippen molar-refractivity contribution in [2.75, 3.05) is 20.7 Å². The van der Waals surface area contributed by atoms with Crippen molar-refractivity contribution in [2.45, 2.75) is 18.9 Å². The second kappa shape index (κ2) is 4.17. The maximum Gasteiger partial charge on any atom is 0.263 e. The van der Waals surface area contributed by atoms with Gasteiger partial charge >= 0.3 is 0 Å². The monoisotopic (exact) mass is 190 g/mol. The van der Waals surface area contributed by atoms with Crippen molar-refractivity contribution in [3.05, 3.63) is 0 Å². The summed E-state index contributed by atoms with van der Waals surface area (Å²) >= 11 is 0. The second-order valence-electron chi connectivity index (χ2n) is 2.91. The molecule has 1 fully saturated rings. The Kier molecular flexibility index (Phi) is 3.44. The Morgan fingerprint density at radius 1 is 1.75 bits per heavy atom. The van der Waals surface area contributed by atoms with Crippen LogP contribution in [0.5, 0.6) is 0 Å². The smallest absolute Gasteiger partial charge is 0.263 e. The molecule has 0 aromatic heterocycles. The summed E-state index contributed by atoms with van der Waals surface area (Å²) in [7, 11) is 5.71. The van der Waals surface area contributed by atoms with Crippen LogP contribution in [0.4, 0.5) is 0 Å². The largest absolute Gasteiger partial charge is 0.275 e. The van der Waals surface area contributed by atoms with Crippen molar-refractivity contribution in [3.8, 4) is 0 Å². The van der Waals surface area contributed by atoms with Crippen molar-refractivity contribution in [2.24, 2.45) is 0 Å². The third-order valence-corrected chi connectivity index (χ3v) is 2.78. The van der Waals surface area contributed by atoms with Gasteiger partial charge in [-0.2, -0.15) is 0 Å². The Morgan fingerprint density at radius 3 is 2.83 bits per heavy atom. The average molecular weight is 190 g/mol. The normalized spacial score (nSPS) is 24.4. The van der Waals surface area contributed by atoms with Crippen LogP contribution in [-0.4, -0.2) is 42.4 Å². The van der Waals surface area contributed by atoms with Crippen LogP contribution >= 0.6 is 9.39 Å². The number of hydrogen-bond acceptors (Lipinski definition) is 3. The van der Waals surface area contributed by atoms with Crippen LogP contribution in [0, 0.1) is 0 Å². The molecule has 70 valence electrons. The highest BCUT2D eigenvalue weighted by Crippen LogP contribution is 2.22. The number of amides is 1. The molecule has 0 aliphatic carbocycles. The van der Waals surface area contributed by atoms with Gasteiger partial charge in [0.25, 0.3) is 5.91 Å². The van der Waals surface area contributed by atoms with Gasteiger partial charge in [-0.1, -0.05) is 9.39 Å². The molecule has 0 saturated carbocycles. The topological polar surface area (TPSA) is 32.8 Å². The first kappa shape index (κ1) is 9.90. The van der Waals surface area contributed by atoms with E-state index in [-0.39, 0.29) is 11.9 Å². The summed E-state index contributed by atoms with van der Waals surface area (Å²) in [5.41, 5.74) is 0. The predicted molar refractivity (Wildman–Crippen MR) is 49.2 cm³/mol. The van der Waals surface area contributed by atoms with Gasteiger partial charge in [0.2, 0.25) is 0 Å². The average Bonchev–Trinajstić information content (AvgIpc) is 2.48. The maximum absolute atomic E-state index is 11.5. The number of carbonyl (C=O) groups is 1. The van der Waals surface area contributed by atoms with Crippen LogP contribution in [0.2, 0.25) is 0 Å². The molecular weight excluding hydrogens is 175 g/mol. The van der Waals surface area contributed by atoms with Gasteiger partial charge in [-0.05, 0) is 12.8 Å². The van der Waals surface area contributed by atoms with Crippen molar-refractivity contribution >= 4 is 15.3 Å². The number of carbonyl (C=O) groups excluding carboxylic acids is 1. The van der Waals surface area contributed by atoms with Crippen LogP contribution in [0.25, 0.3) is 0 Å². The fraction of sp³-hybridized carbons (Fsp3) is 0.857. The highest BCUT2D eigenvalue weighted by Gasteiger charge is 2.30. The van der Waals surface area contributed by atoms with E-state index in [4.69, 9.17) is 4.84 Å². The fourth-order valence-corrected chi connectivity index (χ4v) is 1.81. The summed E-state index contributed by atoms with van der Waals surface area (Å²) < 4.78 is 1.98. The van der Waals surface area contributed by atoms with Gasteiger partial charge in [0.05, 0.1) is 13.2 Å². The van der Waals surface area contributed by atoms with Crippen molar-refractivity contribution in [1.29, 1.82) is 0 Å². The molecule has 1 aliphatic heterocycles. The molecule has 0 bridgehead atoms. The van der Waals surface area contributed by atoms with Crippen molar-refractivity contribution in [3.63, 3.8) is 0 Å². The lowest BCUT2D eigenvalue weighted by Crippen LogP contribution is -2.39. The fourth-order valence-electron chi connectivity index (χ4n) is 1.35. The Labute approximate surface area is 75.1 Å². The third kappa shape index (κ3) is 1.94. The van der Waals surface area contributed by atoms with E-state index >= 15 is 0 Å². The van der Waals surface area contributed by atoms with E-state index in [1.165, 1.54) is 12.2 Å². The summed E-state index contributed by atoms with van der Waals surface area (Å²) in [6.45, 7) is 0.971. The van der Waals surface area contributed by atoms with Crippen LogP contribution < -0.4 is 0 Å². The minimum Gasteiger partial charge on any atom is -0.275 e. The molecule has 2 unspecified atom stereocenters. The van der Waals surface area contributed by atoms with Gasteiger partial charge in [0.1, 0.15) is 0 Å². The van der Waals surface area contributed by atoms with Gasteiger partial charge in [-0.25, -0.2) is 5.06 Å². The summed E-state index contributed by atoms with van der Waals surface area (Å²) in [6.07, 6.45) is 2.01. The lowest BCUT2D eigenvalue weighted by Gasteiger charge is -2.22. The first-order valence-electron chi connectivity index (χ1n) is 4.00. The van der Waals surface area contributed by atoms with Gasteiger partial charge in [0, 0.05) is 13.6 Å². The van der Waals surface area contributed by atoms with Crippen LogP contribution in [0.1, 0.15) is 12.8 Å². The van der Waals surface area contributed by atoms with E-state index in [0.29, 0.717) is 0 Å². The van der Waals surface area contributed by atoms with Crippen LogP contribution in [0.3, 0.4) is 0 Å². The summed E-state index contributed by atoms with van der Waals surface area (Å²) in [4.78, 5) is 16.4. The van der Waals surface area contributed by atoms with E-state index in [2.05, 4.69) is 9.39 Å². The molecule has 0 spiro atoms. The van der Waals surface area contributed by atoms with Crippen LogP contribution in [-0.2, 0) is 9.63 Å². The van der Waals surface area contributed by atoms with Gasteiger partial charge in [-0.3, -0.25) is 14.3 Å². The lowest BCUT2D eigenvalue weighted by molar-refractivity contribution is -0.172. The van der Waals surface area contributed by atoms with Gasteiger partial charge in [-0.15, -0.1) is 0 Å². The van der Waals surface area contributed by atoms with Crippen molar-refractivity contribution in [1.82, 2.24) is 9.73 Å². The highest BCUT2D eigenvalue weighted by atomic mass is 31.0. The Balaban J connectivity index is 2.51. The van der Waals surface area contributed by atoms with Gasteiger partial charge in [0.15, 0.2) is 0 Å². The number of hydrogen-bond donors (Lipinski definition) is 0. The molecule has 1 aliphatic rings. The highest BCUT2D eigenvalue weighted by molar-refractivity contribution is 7.13. The molecule has 1 saturated heterocycles. The molecule has 1 amide bonds. The zero-order valence-corrected chi connectivity index (χ0v) is 8.64. The van der Waals surface area contributed by atoms with Crippen LogP contribution in [0.15, 0.2) is 0 Å². The SMILES string of the molecule is CON(C)C(=O)C1CCCN1P. The van der Waals surface area contributed by atoms with E-state index in [9.17, 15) is 4.79 Å². The molecule has 4 nitrogen and oxygen atoms in total. The number of rotatable bonds is 2. The molecule has 1 rings (SSSR count). The second-order valence-corrected chi connectivity index (χ2v) is 3.58. The third-order valence-electron chi connectivity index (χ3n) is 2.16. The first-order valence-corrected chi connectivity index (χ1v) is 4.51. The van der Waals surface area contributed by atoms with Gasteiger partial charge < -0.3 is 0 Å². The maximum atomic E-state index is 11.5. The molecule has 0 aromatic rings. The quantitative estimate of drug-likeness (QED) is 0.462. The van der Waals surface area contributed by atoms with E-state index in [0.717, 1.165) is 19.4 Å². The molecule has 0 aromatic carbocycles. The molecule has 12 heavy (non-hydrogen) atoms. The van der Waals surface area contributed by atoms with E-state index in [1.54, 1.807) is 7.05 Å². The Bertz CT molecular complexity index is 177. The zero-order valence-electron chi connectivity index (χ0n) is 7.49. The molecule has 1 heterocycles. The number of likely N-dealkylation sites (N-methyl/N-ethyl adjacent to an activating group) is 1. The Hall–Kier alpha value is -0.180. The predicted octanol–water partition coefficient (Wildman–Crippen LogP) is 0.261. The molecule has 0 radical (unpaired) electrons. The van der Waals surface area contributed by atoms with E-state index in [1.807, 2.05) is 4.67 Å². The van der Waals surface area contributed by atoms with E-state index < -0.39 is 0 Å². The molecule has 0 N–H and O–H groups in total. The standard InChI is InChI=1S/C7H15N2O2P/c1-8(11-2)7(10)6-4-3-5-9(6)12/h6H,3-5,12H2,1-2H3. The number of nitrogens with zero attached hydrogens (tertiary/aromatic N) is 2. The molecular formula is C7H15N2O2P. The summed E-state index contributed by atoms with van der Waals surface area (Å²) in [6, 6.07) is -0.0139. The Morgan fingerprint density at radius 2 is 2.42 bits per heavy atom. The first-order chi connectivity index (χ1) is 5.66. The molecule has 5 heteroatoms. The lowest BCUT2D eigenvalue weighted by atomic mass is 10.2. The zero-order chi connectivity index (χ0) is 9.14. The summed E-state index contributed by atoms with van der Waals surface area (Å²) in [5, 5.41) is 1.28. The number of hydroxylamine groups is 2. The summed E-state index contributed by atoms with van der Waals surface area (Å²) in [5.74, 6) is 0.0324. The minimum absolute atomic E-state index is 0.0139. The molecule has 2 atom stereocenters.